The maximum absolute atomic E-state index is 12.0. The molecule has 16 heavy (non-hydrogen) atoms. The number of unbranched alkanes of at least 4 members (excludes halogenated alkanes) is 3. The van der Waals surface area contributed by atoms with Gasteiger partial charge >= 0.3 is 0 Å². The summed E-state index contributed by atoms with van der Waals surface area (Å²) in [5.41, 5.74) is 5.71. The Labute approximate surface area is 99.4 Å². The number of rotatable bonds is 6. The highest BCUT2D eigenvalue weighted by atomic mass is 16.2. The van der Waals surface area contributed by atoms with E-state index >= 15 is 0 Å². The summed E-state index contributed by atoms with van der Waals surface area (Å²) in [5, 5.41) is 0. The Morgan fingerprint density at radius 3 is 2.81 bits per heavy atom. The third-order valence-corrected chi connectivity index (χ3v) is 3.46. The quantitative estimate of drug-likeness (QED) is 0.706. The molecule has 0 bridgehead atoms. The minimum Gasteiger partial charge on any atom is -0.338 e. The van der Waals surface area contributed by atoms with E-state index in [0.717, 1.165) is 32.2 Å². The molecular formula is C13H26N2O. The normalized spacial score (nSPS) is 21.1. The summed E-state index contributed by atoms with van der Waals surface area (Å²) in [6, 6.07) is 0.312. The second-order valence-electron chi connectivity index (χ2n) is 4.78. The van der Waals surface area contributed by atoms with Crippen molar-refractivity contribution in [2.45, 2.75) is 64.3 Å². The third-order valence-electron chi connectivity index (χ3n) is 3.46. The first kappa shape index (κ1) is 13.5. The minimum atomic E-state index is 0.312. The second kappa shape index (κ2) is 7.66. The topological polar surface area (TPSA) is 46.3 Å². The first-order valence-corrected chi connectivity index (χ1v) is 6.79. The molecule has 1 aliphatic heterocycles. The third kappa shape index (κ3) is 4.12. The average Bonchev–Trinajstić information content (AvgIpc) is 2.34. The van der Waals surface area contributed by atoms with Crippen molar-refractivity contribution >= 4 is 5.91 Å². The van der Waals surface area contributed by atoms with Crippen LogP contribution in [0, 0.1) is 0 Å². The van der Waals surface area contributed by atoms with E-state index in [9.17, 15) is 4.79 Å². The van der Waals surface area contributed by atoms with E-state index < -0.39 is 0 Å². The monoisotopic (exact) mass is 226 g/mol. The molecule has 1 amide bonds. The Bertz CT molecular complexity index is 206. The molecule has 3 nitrogen and oxygen atoms in total. The van der Waals surface area contributed by atoms with Crippen LogP contribution >= 0.6 is 0 Å². The van der Waals surface area contributed by atoms with Crippen LogP contribution in [0.1, 0.15) is 58.3 Å². The molecule has 1 atom stereocenters. The summed E-state index contributed by atoms with van der Waals surface area (Å²) in [5.74, 6) is 0.325. The second-order valence-corrected chi connectivity index (χ2v) is 4.78. The Balaban J connectivity index is 2.27. The average molecular weight is 226 g/mol. The molecule has 0 aliphatic carbocycles. The first-order chi connectivity index (χ1) is 7.79. The predicted octanol–water partition coefficient (Wildman–Crippen LogP) is 2.30. The van der Waals surface area contributed by atoms with Crippen LogP contribution in [0.25, 0.3) is 0 Å². The van der Waals surface area contributed by atoms with Gasteiger partial charge in [-0.05, 0) is 25.7 Å². The number of nitrogens with two attached hydrogens (primary N) is 1. The molecule has 1 heterocycles. The Morgan fingerprint density at radius 2 is 2.12 bits per heavy atom. The molecule has 0 aromatic heterocycles. The summed E-state index contributed by atoms with van der Waals surface area (Å²) in [6.07, 6.45) is 8.88. The Kier molecular flexibility index (Phi) is 6.46. The molecule has 0 aromatic carbocycles. The lowest BCUT2D eigenvalue weighted by atomic mass is 10.0. The van der Waals surface area contributed by atoms with Gasteiger partial charge in [0.25, 0.3) is 0 Å². The van der Waals surface area contributed by atoms with Gasteiger partial charge in [-0.15, -0.1) is 0 Å². The lowest BCUT2D eigenvalue weighted by Gasteiger charge is -2.35. The van der Waals surface area contributed by atoms with Crippen LogP contribution in [-0.2, 0) is 4.79 Å². The molecule has 94 valence electrons. The van der Waals surface area contributed by atoms with E-state index in [4.69, 9.17) is 5.73 Å². The van der Waals surface area contributed by atoms with Crippen molar-refractivity contribution in [2.75, 3.05) is 13.1 Å². The SMILES string of the molecule is CCCCCCC(=O)N1CCCC[C@H]1CN. The van der Waals surface area contributed by atoms with Gasteiger partial charge in [0.1, 0.15) is 0 Å². The molecule has 2 N–H and O–H groups in total. The van der Waals surface area contributed by atoms with Gasteiger partial charge in [0.05, 0.1) is 0 Å². The van der Waals surface area contributed by atoms with Gasteiger partial charge in [-0.3, -0.25) is 4.79 Å². The van der Waals surface area contributed by atoms with Crippen LogP contribution in [-0.4, -0.2) is 29.9 Å². The van der Waals surface area contributed by atoms with Crippen LogP contribution in [0.15, 0.2) is 0 Å². The van der Waals surface area contributed by atoms with Crippen molar-refractivity contribution in [2.24, 2.45) is 5.73 Å². The van der Waals surface area contributed by atoms with Crippen LogP contribution < -0.4 is 5.73 Å². The zero-order valence-corrected chi connectivity index (χ0v) is 10.6. The lowest BCUT2D eigenvalue weighted by Crippen LogP contribution is -2.47. The van der Waals surface area contributed by atoms with E-state index in [1.807, 2.05) is 4.90 Å². The molecule has 0 saturated carbocycles. The zero-order chi connectivity index (χ0) is 11.8. The molecular weight excluding hydrogens is 200 g/mol. The van der Waals surface area contributed by atoms with Crippen LogP contribution in [0.5, 0.6) is 0 Å². The summed E-state index contributed by atoms with van der Waals surface area (Å²) in [4.78, 5) is 14.0. The lowest BCUT2D eigenvalue weighted by molar-refractivity contribution is -0.134. The summed E-state index contributed by atoms with van der Waals surface area (Å²) < 4.78 is 0. The van der Waals surface area contributed by atoms with E-state index in [2.05, 4.69) is 6.92 Å². The van der Waals surface area contributed by atoms with Gasteiger partial charge in [-0.1, -0.05) is 26.2 Å². The van der Waals surface area contributed by atoms with Gasteiger partial charge in [-0.2, -0.15) is 0 Å². The van der Waals surface area contributed by atoms with Crippen LogP contribution in [0.4, 0.5) is 0 Å². The van der Waals surface area contributed by atoms with Crippen molar-refractivity contribution < 1.29 is 4.79 Å². The van der Waals surface area contributed by atoms with Crippen molar-refractivity contribution in [1.29, 1.82) is 0 Å². The van der Waals surface area contributed by atoms with E-state index in [-0.39, 0.29) is 0 Å². The van der Waals surface area contributed by atoms with Crippen LogP contribution in [0.2, 0.25) is 0 Å². The predicted molar refractivity (Wildman–Crippen MR) is 67.2 cm³/mol. The minimum absolute atomic E-state index is 0.312. The first-order valence-electron chi connectivity index (χ1n) is 6.79. The van der Waals surface area contributed by atoms with Gasteiger partial charge in [0.2, 0.25) is 5.91 Å². The van der Waals surface area contributed by atoms with Gasteiger partial charge in [0, 0.05) is 25.6 Å². The molecule has 1 aliphatic rings. The number of carbonyl (C=O) groups excluding carboxylic acids is 1. The number of likely N-dealkylation sites (tertiary alicyclic amines) is 1. The number of piperidine rings is 1. The van der Waals surface area contributed by atoms with Crippen molar-refractivity contribution in [3.8, 4) is 0 Å². The van der Waals surface area contributed by atoms with Crippen LogP contribution in [0.3, 0.4) is 0 Å². The molecule has 1 saturated heterocycles. The fourth-order valence-corrected chi connectivity index (χ4v) is 2.42. The van der Waals surface area contributed by atoms with Crippen molar-refractivity contribution in [3.63, 3.8) is 0 Å². The Morgan fingerprint density at radius 1 is 1.31 bits per heavy atom. The maximum atomic E-state index is 12.0. The van der Waals surface area contributed by atoms with Gasteiger partial charge in [0.15, 0.2) is 0 Å². The molecule has 0 radical (unpaired) electrons. The van der Waals surface area contributed by atoms with Crippen molar-refractivity contribution in [1.82, 2.24) is 4.90 Å². The standard InChI is InChI=1S/C13H26N2O/c1-2-3-4-5-9-13(16)15-10-7-6-8-12(15)11-14/h12H,2-11,14H2,1H3/t12-/m0/s1. The highest BCUT2D eigenvalue weighted by Crippen LogP contribution is 2.18. The number of carbonyl (C=O) groups is 1. The molecule has 3 heteroatoms. The summed E-state index contributed by atoms with van der Waals surface area (Å²) in [7, 11) is 0. The van der Waals surface area contributed by atoms with Gasteiger partial charge < -0.3 is 10.6 Å². The molecule has 1 fully saturated rings. The molecule has 0 aromatic rings. The highest BCUT2D eigenvalue weighted by molar-refractivity contribution is 5.76. The molecule has 0 unspecified atom stereocenters. The molecule has 1 rings (SSSR count). The van der Waals surface area contributed by atoms with E-state index in [1.165, 1.54) is 25.7 Å². The van der Waals surface area contributed by atoms with Crippen molar-refractivity contribution in [3.05, 3.63) is 0 Å². The fourth-order valence-electron chi connectivity index (χ4n) is 2.42. The molecule has 0 spiro atoms. The largest absolute Gasteiger partial charge is 0.338 e. The maximum Gasteiger partial charge on any atom is 0.222 e. The van der Waals surface area contributed by atoms with E-state index in [1.54, 1.807) is 0 Å². The fraction of sp³-hybridized carbons (Fsp3) is 0.923. The summed E-state index contributed by atoms with van der Waals surface area (Å²) >= 11 is 0. The number of amides is 1. The smallest absolute Gasteiger partial charge is 0.222 e. The summed E-state index contributed by atoms with van der Waals surface area (Å²) in [6.45, 7) is 3.74. The number of hydrogen-bond acceptors (Lipinski definition) is 2. The number of hydrogen-bond donors (Lipinski definition) is 1. The zero-order valence-electron chi connectivity index (χ0n) is 10.6. The van der Waals surface area contributed by atoms with E-state index in [0.29, 0.717) is 18.5 Å². The highest BCUT2D eigenvalue weighted by Gasteiger charge is 2.24. The number of nitrogens with zero attached hydrogens (tertiary/aromatic N) is 1. The Hall–Kier alpha value is -0.570. The van der Waals surface area contributed by atoms with Gasteiger partial charge in [-0.25, -0.2) is 0 Å².